The molecular formula is C56H44IrN5-3. The van der Waals surface area contributed by atoms with Gasteiger partial charge in [0.15, 0.2) is 0 Å². The van der Waals surface area contributed by atoms with E-state index in [1.165, 1.54) is 36.8 Å². The van der Waals surface area contributed by atoms with Gasteiger partial charge in [-0.3, -0.25) is 0 Å². The van der Waals surface area contributed by atoms with Crippen molar-refractivity contribution in [2.24, 2.45) is 0 Å². The van der Waals surface area contributed by atoms with Crippen LogP contribution < -0.4 is 4.57 Å². The number of rotatable bonds is 13. The van der Waals surface area contributed by atoms with E-state index in [0.717, 1.165) is 23.7 Å². The predicted molar refractivity (Wildman–Crippen MR) is 246 cm³/mol. The Morgan fingerprint density at radius 1 is 0.613 bits per heavy atom. The van der Waals surface area contributed by atoms with Crippen molar-refractivity contribution in [3.63, 3.8) is 0 Å². The first-order chi connectivity index (χ1) is 34.7. The van der Waals surface area contributed by atoms with Crippen molar-refractivity contribution >= 4 is 27.3 Å². The molecule has 5 nitrogen and oxygen atoms in total. The summed E-state index contributed by atoms with van der Waals surface area (Å²) in [6, 6.07) is 47.1. The summed E-state index contributed by atoms with van der Waals surface area (Å²) in [6.45, 7) is 3.42. The number of hydrogen-bond acceptors (Lipinski definition) is 3. The molecule has 0 unspecified atom stereocenters. The van der Waals surface area contributed by atoms with Crippen LogP contribution in [0.4, 0.5) is 0 Å². The number of benzene rings is 5. The summed E-state index contributed by atoms with van der Waals surface area (Å²) in [6.07, 6.45) is -11.2. The van der Waals surface area contributed by atoms with Gasteiger partial charge in [0.25, 0.3) is 0 Å². The fourth-order valence-corrected chi connectivity index (χ4v) is 7.48. The second-order valence-electron chi connectivity index (χ2n) is 14.2. The van der Waals surface area contributed by atoms with Crippen LogP contribution in [0.2, 0.25) is 0 Å². The van der Waals surface area contributed by atoms with Crippen LogP contribution in [0.3, 0.4) is 0 Å². The molecule has 0 amide bonds. The zero-order chi connectivity index (χ0) is 51.7. The van der Waals surface area contributed by atoms with E-state index in [4.69, 9.17) is 4.98 Å². The van der Waals surface area contributed by atoms with E-state index in [1.54, 1.807) is 103 Å². The first-order valence-electron chi connectivity index (χ1n) is 25.8. The molecule has 0 aliphatic rings. The first kappa shape index (κ1) is 28.7. The fraction of sp³-hybridized carbons (Fsp3) is 0.125. The standard InChI is InChI=1S/C56H44N5.Ir/c1-2-60-38-41(28-31-51(60)46-16-8-4-9-17-46)23-25-43-32-42(24-22-40-27-30-50(58-35-40)45-14-6-3-7-15-45)33-44(34-43)26-29-48-36-59-56-49-20-12-13-21-52(49)61-39-57-37-53(61)55(56)54(48)47-18-10-5-11-19-47;/h2-14,16,18-19,21,27-28,30-39H,22-26,29H2,1H3;/q-3;/i22D2,23D2,24D2,25D2,26D2,29D2;. The number of hydrogen-bond donors (Lipinski definition) is 0. The van der Waals surface area contributed by atoms with Crippen LogP contribution in [-0.2, 0) is 58.3 Å². The van der Waals surface area contributed by atoms with Crippen LogP contribution in [0.15, 0.2) is 171 Å². The molecular weight excluding hydrogens is 935 g/mol. The summed E-state index contributed by atoms with van der Waals surface area (Å²) in [4.78, 5) is 13.6. The Labute approximate surface area is 394 Å². The van der Waals surface area contributed by atoms with Crippen LogP contribution in [0.1, 0.15) is 56.8 Å². The maximum atomic E-state index is 9.97. The van der Waals surface area contributed by atoms with Crippen molar-refractivity contribution in [1.29, 1.82) is 0 Å². The van der Waals surface area contributed by atoms with Gasteiger partial charge in [-0.15, -0.1) is 95.9 Å². The van der Waals surface area contributed by atoms with Gasteiger partial charge in [0.2, 0.25) is 0 Å². The van der Waals surface area contributed by atoms with Gasteiger partial charge in [-0.25, -0.2) is 4.98 Å². The molecule has 10 aromatic rings. The Hall–Kier alpha value is -6.72. The number of aromatic nitrogens is 5. The van der Waals surface area contributed by atoms with Gasteiger partial charge < -0.3 is 18.9 Å². The predicted octanol–water partition coefficient (Wildman–Crippen LogP) is 11.5. The van der Waals surface area contributed by atoms with Crippen molar-refractivity contribution < 1.29 is 41.1 Å². The molecule has 0 bridgehead atoms. The summed E-state index contributed by atoms with van der Waals surface area (Å²) in [5.74, 6) is 0. The quantitative estimate of drug-likeness (QED) is 0.0657. The molecule has 5 aromatic heterocycles. The van der Waals surface area contributed by atoms with Gasteiger partial charge in [0.1, 0.15) is 0 Å². The minimum absolute atomic E-state index is 0. The van der Waals surface area contributed by atoms with Crippen LogP contribution in [0.25, 0.3) is 61.0 Å². The van der Waals surface area contributed by atoms with Crippen LogP contribution in [0.5, 0.6) is 0 Å². The zero-order valence-electron chi connectivity index (χ0n) is 45.3. The molecule has 0 N–H and O–H groups in total. The van der Waals surface area contributed by atoms with Gasteiger partial charge >= 0.3 is 0 Å². The molecule has 10 rings (SSSR count). The summed E-state index contributed by atoms with van der Waals surface area (Å²) >= 11 is 0. The van der Waals surface area contributed by atoms with Gasteiger partial charge in [0, 0.05) is 55.5 Å². The van der Waals surface area contributed by atoms with Crippen molar-refractivity contribution in [3.8, 4) is 33.6 Å². The minimum atomic E-state index is -3.19. The number of imidazole rings is 1. The second-order valence-corrected chi connectivity index (χ2v) is 14.2. The minimum Gasteiger partial charge on any atom is -0.341 e. The van der Waals surface area contributed by atoms with E-state index in [9.17, 15) is 16.4 Å². The monoisotopic (exact) mass is 991 g/mol. The number of aryl methyl sites for hydroxylation is 6. The number of nitrogens with zero attached hydrogens (tertiary/aromatic N) is 5. The van der Waals surface area contributed by atoms with E-state index >= 15 is 0 Å². The fourth-order valence-electron chi connectivity index (χ4n) is 7.48. The molecule has 6 heteroatoms. The third kappa shape index (κ3) is 8.45. The Bertz CT molecular complexity index is 3690. The van der Waals surface area contributed by atoms with Gasteiger partial charge in [0.05, 0.1) is 29.9 Å². The molecule has 0 spiro atoms. The Balaban J connectivity index is 0.00000672. The number of fused-ring (bicyclic) bond motifs is 6. The molecule has 0 saturated carbocycles. The maximum absolute atomic E-state index is 9.97. The largest absolute Gasteiger partial charge is 0.341 e. The van der Waals surface area contributed by atoms with Gasteiger partial charge in [-0.2, -0.15) is 0 Å². The number of pyridine rings is 4. The summed E-state index contributed by atoms with van der Waals surface area (Å²) < 4.78 is 120. The van der Waals surface area contributed by atoms with Crippen molar-refractivity contribution in [2.75, 3.05) is 0 Å². The SMILES string of the molecule is [2H]C([2H])(c1ccc(-c2[c-]cccc2)nc1)C([2H])([2H])c1cc(C([2H])([2H])C([2H])([2H])c2ccc(-c3[c-]cccc3)[n+]([CH-]C)c2)cc(C([2H])([2H])C([2H])([2H])c2cnc3c4[c-]cccc4n4cncc4c3c2-c2ccccc2)c1.[Ir]. The molecule has 62 heavy (non-hydrogen) atoms. The average Bonchev–Trinajstić information content (AvgIpc) is 3.94. The zero-order valence-corrected chi connectivity index (χ0v) is 35.7. The Morgan fingerprint density at radius 3 is 2.00 bits per heavy atom. The topological polar surface area (TPSA) is 47.0 Å². The molecule has 305 valence electrons. The smallest absolute Gasteiger partial charge is 0.0932 e. The first-order valence-corrected chi connectivity index (χ1v) is 19.8. The van der Waals surface area contributed by atoms with Crippen molar-refractivity contribution in [2.45, 2.75) is 45.2 Å². The Kier molecular flexibility index (Phi) is 8.57. The third-order valence-corrected chi connectivity index (χ3v) is 10.3. The van der Waals surface area contributed by atoms with Crippen LogP contribution in [0, 0.1) is 24.7 Å². The van der Waals surface area contributed by atoms with Crippen LogP contribution >= 0.6 is 0 Å². The normalized spacial score (nSPS) is 15.5. The molecule has 0 fully saturated rings. The molecule has 5 aromatic carbocycles. The van der Waals surface area contributed by atoms with E-state index in [0.29, 0.717) is 55.4 Å². The molecule has 0 atom stereocenters. The molecule has 1 radical (unpaired) electrons. The molecule has 0 saturated heterocycles. The van der Waals surface area contributed by atoms with E-state index in [2.05, 4.69) is 28.2 Å². The average molecular weight is 991 g/mol. The summed E-state index contributed by atoms with van der Waals surface area (Å²) in [5.41, 5.74) is 2.76. The summed E-state index contributed by atoms with van der Waals surface area (Å²) in [7, 11) is 0. The van der Waals surface area contributed by atoms with E-state index in [-0.39, 0.29) is 36.8 Å². The van der Waals surface area contributed by atoms with E-state index in [1.807, 2.05) is 34.7 Å². The molecule has 0 aliphatic heterocycles. The summed E-state index contributed by atoms with van der Waals surface area (Å²) in [5, 5.41) is 1.07. The van der Waals surface area contributed by atoms with Crippen molar-refractivity contribution in [1.82, 2.24) is 19.4 Å². The third-order valence-electron chi connectivity index (χ3n) is 10.3. The van der Waals surface area contributed by atoms with E-state index < -0.39 is 54.9 Å². The maximum Gasteiger partial charge on any atom is 0.0932 e. The van der Waals surface area contributed by atoms with Gasteiger partial charge in [-0.05, 0) is 118 Å². The second kappa shape index (κ2) is 18.5. The Morgan fingerprint density at radius 2 is 1.29 bits per heavy atom. The van der Waals surface area contributed by atoms with Crippen molar-refractivity contribution in [3.05, 3.63) is 229 Å². The van der Waals surface area contributed by atoms with Gasteiger partial charge in [-0.1, -0.05) is 72.3 Å². The molecule has 5 heterocycles. The van der Waals surface area contributed by atoms with Crippen LogP contribution in [-0.4, -0.2) is 19.4 Å². The molecule has 0 aliphatic carbocycles.